The van der Waals surface area contributed by atoms with E-state index in [9.17, 15) is 4.79 Å². The first kappa shape index (κ1) is 17.7. The van der Waals surface area contributed by atoms with Crippen LogP contribution in [-0.2, 0) is 17.6 Å². The maximum atomic E-state index is 12.5. The van der Waals surface area contributed by atoms with Gasteiger partial charge in [0.2, 0.25) is 12.7 Å². The van der Waals surface area contributed by atoms with Crippen molar-refractivity contribution in [2.45, 2.75) is 19.8 Å². The van der Waals surface area contributed by atoms with Crippen LogP contribution in [0.1, 0.15) is 21.8 Å². The van der Waals surface area contributed by atoms with Gasteiger partial charge in [-0.05, 0) is 36.8 Å². The van der Waals surface area contributed by atoms with Crippen LogP contribution < -0.4 is 14.8 Å². The van der Waals surface area contributed by atoms with Crippen molar-refractivity contribution < 1.29 is 18.8 Å². The second kappa shape index (κ2) is 7.21. The van der Waals surface area contributed by atoms with Gasteiger partial charge in [0.05, 0.1) is 12.1 Å². The number of carbonyl (C=O) groups is 1. The normalized spacial score (nSPS) is 12.4. The van der Waals surface area contributed by atoms with Crippen molar-refractivity contribution >= 4 is 33.3 Å². The number of aryl methyl sites for hydroxylation is 1. The largest absolute Gasteiger partial charge is 0.454 e. The third-order valence-corrected chi connectivity index (χ3v) is 5.79. The average molecular weight is 407 g/mol. The zero-order valence-corrected chi connectivity index (χ0v) is 16.4. The minimum absolute atomic E-state index is 0.132. The molecule has 0 spiro atoms. The molecule has 1 N–H and O–H groups in total. The number of ether oxygens (including phenoxy) is 2. The smallest absolute Gasteiger partial charge is 0.232 e. The van der Waals surface area contributed by atoms with Gasteiger partial charge in [0.1, 0.15) is 5.69 Å². The number of hydrogen-bond donors (Lipinski definition) is 1. The Balaban J connectivity index is 1.28. The molecule has 0 bridgehead atoms. The van der Waals surface area contributed by atoms with E-state index in [1.807, 2.05) is 49.4 Å². The number of benzene rings is 2. The van der Waals surface area contributed by atoms with E-state index in [-0.39, 0.29) is 19.1 Å². The van der Waals surface area contributed by atoms with Crippen molar-refractivity contribution in [2.24, 2.45) is 0 Å². The van der Waals surface area contributed by atoms with Gasteiger partial charge in [0, 0.05) is 16.7 Å². The number of rotatable bonds is 5. The van der Waals surface area contributed by atoms with Crippen molar-refractivity contribution in [2.75, 3.05) is 12.1 Å². The zero-order valence-electron chi connectivity index (χ0n) is 15.6. The first-order valence-corrected chi connectivity index (χ1v) is 9.95. The highest BCUT2D eigenvalue weighted by Crippen LogP contribution is 2.34. The molecule has 1 amide bonds. The van der Waals surface area contributed by atoms with Crippen LogP contribution in [0.2, 0.25) is 0 Å². The summed E-state index contributed by atoms with van der Waals surface area (Å²) < 4.78 is 16.1. The van der Waals surface area contributed by atoms with Crippen molar-refractivity contribution in [1.29, 1.82) is 0 Å². The molecule has 4 aromatic rings. The monoisotopic (exact) mass is 407 g/mol. The summed E-state index contributed by atoms with van der Waals surface area (Å²) in [6, 6.07) is 13.4. The predicted octanol–water partition coefficient (Wildman–Crippen LogP) is 4.09. The molecule has 2 aromatic carbocycles. The fourth-order valence-corrected chi connectivity index (χ4v) is 4.28. The Hall–Kier alpha value is -3.39. The van der Waals surface area contributed by atoms with E-state index in [2.05, 4.69) is 15.5 Å². The van der Waals surface area contributed by atoms with Crippen molar-refractivity contribution in [3.63, 3.8) is 0 Å². The molecular weight excluding hydrogens is 390 g/mol. The van der Waals surface area contributed by atoms with Gasteiger partial charge in [0.25, 0.3) is 0 Å². The highest BCUT2D eigenvalue weighted by atomic mass is 32.1. The Morgan fingerprint density at radius 3 is 2.97 bits per heavy atom. The highest BCUT2D eigenvalue weighted by Gasteiger charge is 2.17. The predicted molar refractivity (Wildman–Crippen MR) is 109 cm³/mol. The second-order valence-corrected chi connectivity index (χ2v) is 7.83. The number of amides is 1. The lowest BCUT2D eigenvalue weighted by atomic mass is 10.1. The molecule has 0 aliphatic carbocycles. The summed E-state index contributed by atoms with van der Waals surface area (Å²) in [5, 5.41) is 8.31. The molecule has 0 atom stereocenters. The molecule has 7 nitrogen and oxygen atoms in total. The third-order valence-electron chi connectivity index (χ3n) is 4.72. The number of hydrogen-bond acceptors (Lipinski definition) is 7. The minimum atomic E-state index is -0.174. The molecule has 0 saturated heterocycles. The van der Waals surface area contributed by atoms with Gasteiger partial charge >= 0.3 is 0 Å². The molecule has 0 radical (unpaired) electrons. The maximum Gasteiger partial charge on any atom is 0.232 e. The molecule has 1 aliphatic heterocycles. The van der Waals surface area contributed by atoms with Gasteiger partial charge in [-0.15, -0.1) is 11.3 Å². The van der Waals surface area contributed by atoms with Crippen LogP contribution >= 0.6 is 11.3 Å². The van der Waals surface area contributed by atoms with Crippen LogP contribution in [0, 0.1) is 6.92 Å². The van der Waals surface area contributed by atoms with Crippen LogP contribution in [0.25, 0.3) is 11.0 Å². The number of para-hydroxylation sites is 1. The Morgan fingerprint density at radius 2 is 2.03 bits per heavy atom. The Morgan fingerprint density at radius 1 is 1.17 bits per heavy atom. The second-order valence-electron chi connectivity index (χ2n) is 6.74. The van der Waals surface area contributed by atoms with Crippen molar-refractivity contribution in [3.8, 4) is 11.5 Å². The molecule has 5 rings (SSSR count). The minimum Gasteiger partial charge on any atom is -0.454 e. The Labute approximate surface area is 170 Å². The quantitative estimate of drug-likeness (QED) is 0.536. The summed E-state index contributed by atoms with van der Waals surface area (Å²) in [5.74, 6) is 1.36. The third kappa shape index (κ3) is 3.54. The van der Waals surface area contributed by atoms with Gasteiger partial charge in [0.15, 0.2) is 22.2 Å². The number of nitrogens with one attached hydrogen (secondary N) is 1. The first-order chi connectivity index (χ1) is 14.2. The first-order valence-electron chi connectivity index (χ1n) is 9.14. The SMILES string of the molecule is Cc1nc(NC(=O)Cc2noc3ccccc23)sc1Cc1ccc2c(c1)OCO2. The number of aromatic nitrogens is 2. The molecule has 0 saturated carbocycles. The molecule has 0 unspecified atom stereocenters. The topological polar surface area (TPSA) is 86.5 Å². The summed E-state index contributed by atoms with van der Waals surface area (Å²) in [6.45, 7) is 2.20. The van der Waals surface area contributed by atoms with E-state index in [0.717, 1.165) is 33.0 Å². The van der Waals surface area contributed by atoms with Crippen LogP contribution in [0.5, 0.6) is 11.5 Å². The summed E-state index contributed by atoms with van der Waals surface area (Å²) in [7, 11) is 0. The molecule has 146 valence electrons. The van der Waals surface area contributed by atoms with E-state index in [1.165, 1.54) is 11.3 Å². The summed E-state index contributed by atoms with van der Waals surface area (Å²) in [5.41, 5.74) is 3.29. The van der Waals surface area contributed by atoms with E-state index in [4.69, 9.17) is 14.0 Å². The molecule has 29 heavy (non-hydrogen) atoms. The number of thiazole rings is 1. The van der Waals surface area contributed by atoms with Crippen LogP contribution in [0.15, 0.2) is 47.0 Å². The molecule has 3 heterocycles. The summed E-state index contributed by atoms with van der Waals surface area (Å²) in [4.78, 5) is 18.1. The summed E-state index contributed by atoms with van der Waals surface area (Å²) in [6.07, 6.45) is 0.844. The Kier molecular flexibility index (Phi) is 4.40. The lowest BCUT2D eigenvalue weighted by molar-refractivity contribution is -0.115. The lowest BCUT2D eigenvalue weighted by Crippen LogP contribution is -2.14. The number of fused-ring (bicyclic) bond motifs is 2. The van der Waals surface area contributed by atoms with Crippen LogP contribution in [-0.4, -0.2) is 22.8 Å². The standard InChI is InChI=1S/C21H17N3O4S/c1-12-19(9-13-6-7-17-18(8-13)27-11-26-17)29-21(22-12)23-20(25)10-15-14-4-2-3-5-16(14)28-24-15/h2-8H,9-11H2,1H3,(H,22,23,25). The van der Waals surface area contributed by atoms with E-state index >= 15 is 0 Å². The maximum absolute atomic E-state index is 12.5. The average Bonchev–Trinajstić information content (AvgIpc) is 3.41. The van der Waals surface area contributed by atoms with Gasteiger partial charge in [-0.3, -0.25) is 4.79 Å². The highest BCUT2D eigenvalue weighted by molar-refractivity contribution is 7.15. The molecule has 8 heteroatoms. The lowest BCUT2D eigenvalue weighted by Gasteiger charge is -2.02. The van der Waals surface area contributed by atoms with Crippen molar-refractivity contribution in [3.05, 3.63) is 64.3 Å². The number of carbonyl (C=O) groups excluding carboxylic acids is 1. The fourth-order valence-electron chi connectivity index (χ4n) is 3.26. The molecule has 0 fully saturated rings. The van der Waals surface area contributed by atoms with Gasteiger partial charge in [-0.25, -0.2) is 4.98 Å². The van der Waals surface area contributed by atoms with E-state index in [1.54, 1.807) is 0 Å². The van der Waals surface area contributed by atoms with Gasteiger partial charge in [-0.2, -0.15) is 0 Å². The van der Waals surface area contributed by atoms with Gasteiger partial charge in [-0.1, -0.05) is 23.4 Å². The van der Waals surface area contributed by atoms with Crippen LogP contribution in [0.3, 0.4) is 0 Å². The zero-order chi connectivity index (χ0) is 19.8. The summed E-state index contributed by atoms with van der Waals surface area (Å²) >= 11 is 1.47. The van der Waals surface area contributed by atoms with E-state index in [0.29, 0.717) is 22.8 Å². The van der Waals surface area contributed by atoms with Crippen molar-refractivity contribution in [1.82, 2.24) is 10.1 Å². The van der Waals surface area contributed by atoms with Crippen LogP contribution in [0.4, 0.5) is 5.13 Å². The number of nitrogens with zero attached hydrogens (tertiary/aromatic N) is 2. The number of anilines is 1. The van der Waals surface area contributed by atoms with E-state index < -0.39 is 0 Å². The Bertz CT molecular complexity index is 1210. The molecule has 2 aromatic heterocycles. The van der Waals surface area contributed by atoms with Gasteiger partial charge < -0.3 is 19.3 Å². The molecular formula is C21H17N3O4S. The fraction of sp³-hybridized carbons (Fsp3) is 0.190. The molecule has 1 aliphatic rings.